The quantitative estimate of drug-likeness (QED) is 0.890. The largest absolute Gasteiger partial charge is 0.411 e. The number of nitrogens with one attached hydrogen (secondary N) is 2. The Labute approximate surface area is 118 Å². The molecule has 0 aliphatic carbocycles. The summed E-state index contributed by atoms with van der Waals surface area (Å²) in [5, 5.41) is 3.23. The molecule has 0 aromatic carbocycles. The van der Waals surface area contributed by atoms with E-state index in [0.29, 0.717) is 16.6 Å². The number of aromatic nitrogens is 2. The van der Waals surface area contributed by atoms with Crippen molar-refractivity contribution in [2.24, 2.45) is 0 Å². The summed E-state index contributed by atoms with van der Waals surface area (Å²) in [4.78, 5) is 19.0. The Morgan fingerprint density at radius 1 is 1.52 bits per heavy atom. The van der Waals surface area contributed by atoms with Gasteiger partial charge in [0.25, 0.3) is 5.91 Å². The molecular formula is C13H14F3N3O2. The van der Waals surface area contributed by atoms with Crippen molar-refractivity contribution in [2.45, 2.75) is 19.1 Å². The Morgan fingerprint density at radius 2 is 2.29 bits per heavy atom. The number of pyridine rings is 1. The minimum absolute atomic E-state index is 0.216. The molecule has 0 fully saturated rings. The molecule has 0 spiro atoms. The van der Waals surface area contributed by atoms with Crippen LogP contribution in [0.2, 0.25) is 0 Å². The molecule has 2 N–H and O–H groups in total. The average molecular weight is 301 g/mol. The number of amides is 1. The lowest BCUT2D eigenvalue weighted by Gasteiger charge is -2.14. The lowest BCUT2D eigenvalue weighted by atomic mass is 10.2. The number of H-pyrrole nitrogens is 1. The third kappa shape index (κ3) is 4.19. The van der Waals surface area contributed by atoms with Gasteiger partial charge in [0.15, 0.2) is 0 Å². The highest BCUT2D eigenvalue weighted by atomic mass is 19.4. The van der Waals surface area contributed by atoms with Gasteiger partial charge in [-0.05, 0) is 19.1 Å². The van der Waals surface area contributed by atoms with Gasteiger partial charge in [-0.1, -0.05) is 0 Å². The summed E-state index contributed by atoms with van der Waals surface area (Å²) in [6, 6.07) is 2.89. The van der Waals surface area contributed by atoms with Crippen molar-refractivity contribution in [3.8, 4) is 0 Å². The number of fused-ring (bicyclic) bond motifs is 1. The van der Waals surface area contributed by atoms with Gasteiger partial charge < -0.3 is 15.0 Å². The number of nitrogens with zero attached hydrogens (tertiary/aromatic N) is 1. The second-order valence-corrected chi connectivity index (χ2v) is 4.61. The Morgan fingerprint density at radius 3 is 3.00 bits per heavy atom. The van der Waals surface area contributed by atoms with Gasteiger partial charge in [0.1, 0.15) is 12.3 Å². The molecule has 8 heteroatoms. The first kappa shape index (κ1) is 15.3. The zero-order valence-electron chi connectivity index (χ0n) is 11.2. The van der Waals surface area contributed by atoms with Crippen molar-refractivity contribution >= 4 is 16.9 Å². The van der Waals surface area contributed by atoms with Crippen molar-refractivity contribution in [3.05, 3.63) is 30.1 Å². The van der Waals surface area contributed by atoms with E-state index in [1.165, 1.54) is 6.20 Å². The monoisotopic (exact) mass is 301 g/mol. The van der Waals surface area contributed by atoms with Gasteiger partial charge in [-0.25, -0.2) is 4.98 Å². The fraction of sp³-hybridized carbons (Fsp3) is 0.385. The van der Waals surface area contributed by atoms with Gasteiger partial charge in [-0.15, -0.1) is 0 Å². The Hall–Kier alpha value is -2.09. The minimum atomic E-state index is -4.37. The zero-order chi connectivity index (χ0) is 15.5. The molecule has 2 rings (SSSR count). The molecule has 0 aliphatic rings. The Bertz CT molecular complexity index is 624. The number of hydrogen-bond acceptors (Lipinski definition) is 3. The number of carbonyl (C=O) groups excluding carboxylic acids is 1. The second kappa shape index (κ2) is 6.13. The molecule has 114 valence electrons. The maximum absolute atomic E-state index is 12.1. The standard InChI is InChI=1S/C13H14F3N3O2/c1-8(6-21-7-13(14,15)16)19-12(20)10-5-18-11-9(10)3-2-4-17-11/h2-5,8H,6-7H2,1H3,(H,17,18)(H,19,20). The van der Waals surface area contributed by atoms with Crippen molar-refractivity contribution in [1.82, 2.24) is 15.3 Å². The summed E-state index contributed by atoms with van der Waals surface area (Å²) in [6.45, 7) is 0.0252. The smallest absolute Gasteiger partial charge is 0.370 e. The van der Waals surface area contributed by atoms with Gasteiger partial charge in [0, 0.05) is 23.8 Å². The molecule has 2 aromatic rings. The normalized spacial score (nSPS) is 13.3. The third-order valence-electron chi connectivity index (χ3n) is 2.71. The summed E-state index contributed by atoms with van der Waals surface area (Å²) >= 11 is 0. The van der Waals surface area contributed by atoms with E-state index in [2.05, 4.69) is 20.0 Å². The molecule has 0 saturated carbocycles. The van der Waals surface area contributed by atoms with Crippen LogP contribution < -0.4 is 5.32 Å². The highest BCUT2D eigenvalue weighted by molar-refractivity contribution is 6.05. The van der Waals surface area contributed by atoms with Gasteiger partial charge >= 0.3 is 6.18 Å². The SMILES string of the molecule is CC(COCC(F)(F)F)NC(=O)c1c[nH]c2ncccc12. The molecular weight excluding hydrogens is 287 g/mol. The Balaban J connectivity index is 1.92. The topological polar surface area (TPSA) is 67.0 Å². The maximum Gasteiger partial charge on any atom is 0.411 e. The summed E-state index contributed by atoms with van der Waals surface area (Å²) < 4.78 is 40.3. The number of rotatable bonds is 5. The minimum Gasteiger partial charge on any atom is -0.370 e. The Kier molecular flexibility index (Phi) is 4.46. The van der Waals surface area contributed by atoms with Gasteiger partial charge in [0.05, 0.1) is 12.2 Å². The van der Waals surface area contributed by atoms with Crippen molar-refractivity contribution < 1.29 is 22.7 Å². The molecule has 1 atom stereocenters. The second-order valence-electron chi connectivity index (χ2n) is 4.61. The molecule has 2 aromatic heterocycles. The van der Waals surface area contributed by atoms with E-state index in [-0.39, 0.29) is 6.61 Å². The molecule has 21 heavy (non-hydrogen) atoms. The number of halogens is 3. The number of alkyl halides is 3. The predicted molar refractivity (Wildman–Crippen MR) is 69.9 cm³/mol. The van der Waals surface area contributed by atoms with Gasteiger partial charge in [-0.3, -0.25) is 4.79 Å². The van der Waals surface area contributed by atoms with E-state index >= 15 is 0 Å². The number of carbonyl (C=O) groups is 1. The first-order chi connectivity index (χ1) is 9.87. The average Bonchev–Trinajstić information content (AvgIpc) is 2.80. The number of aromatic amines is 1. The van der Waals surface area contributed by atoms with Crippen molar-refractivity contribution in [2.75, 3.05) is 13.2 Å². The van der Waals surface area contributed by atoms with E-state index in [1.807, 2.05) is 0 Å². The molecule has 2 heterocycles. The molecule has 0 radical (unpaired) electrons. The van der Waals surface area contributed by atoms with Crippen molar-refractivity contribution in [3.63, 3.8) is 0 Å². The number of hydrogen-bond donors (Lipinski definition) is 2. The molecule has 0 aliphatic heterocycles. The van der Waals surface area contributed by atoms with Crippen LogP contribution in [0.4, 0.5) is 13.2 Å². The zero-order valence-corrected chi connectivity index (χ0v) is 11.2. The van der Waals surface area contributed by atoms with E-state index in [0.717, 1.165) is 0 Å². The summed E-state index contributed by atoms with van der Waals surface area (Å²) in [5.41, 5.74) is 0.962. The van der Waals surface area contributed by atoms with Crippen LogP contribution >= 0.6 is 0 Å². The molecule has 5 nitrogen and oxygen atoms in total. The van der Waals surface area contributed by atoms with Crippen molar-refractivity contribution in [1.29, 1.82) is 0 Å². The van der Waals surface area contributed by atoms with Crippen LogP contribution in [-0.4, -0.2) is 41.3 Å². The van der Waals surface area contributed by atoms with Crippen LogP contribution in [0, 0.1) is 0 Å². The molecule has 0 bridgehead atoms. The highest BCUT2D eigenvalue weighted by Gasteiger charge is 2.27. The van der Waals surface area contributed by atoms with E-state index < -0.39 is 24.7 Å². The van der Waals surface area contributed by atoms with Crippen LogP contribution in [0.3, 0.4) is 0 Å². The predicted octanol–water partition coefficient (Wildman–Crippen LogP) is 2.26. The van der Waals surface area contributed by atoms with E-state index in [9.17, 15) is 18.0 Å². The van der Waals surface area contributed by atoms with E-state index in [4.69, 9.17) is 0 Å². The van der Waals surface area contributed by atoms with Gasteiger partial charge in [-0.2, -0.15) is 13.2 Å². The third-order valence-corrected chi connectivity index (χ3v) is 2.71. The number of ether oxygens (including phenoxy) is 1. The summed E-state index contributed by atoms with van der Waals surface area (Å²) in [6.07, 6.45) is -1.27. The fourth-order valence-corrected chi connectivity index (χ4v) is 1.84. The maximum atomic E-state index is 12.1. The van der Waals surface area contributed by atoms with Crippen LogP contribution in [0.5, 0.6) is 0 Å². The van der Waals surface area contributed by atoms with E-state index in [1.54, 1.807) is 25.3 Å². The van der Waals surface area contributed by atoms with Crippen LogP contribution in [-0.2, 0) is 4.74 Å². The van der Waals surface area contributed by atoms with Gasteiger partial charge in [0.2, 0.25) is 0 Å². The van der Waals surface area contributed by atoms with Crippen LogP contribution in [0.1, 0.15) is 17.3 Å². The molecule has 1 unspecified atom stereocenters. The van der Waals surface area contributed by atoms with Crippen LogP contribution in [0.25, 0.3) is 11.0 Å². The lowest BCUT2D eigenvalue weighted by Crippen LogP contribution is -2.36. The fourth-order valence-electron chi connectivity index (χ4n) is 1.84. The molecule has 1 amide bonds. The summed E-state index contributed by atoms with van der Waals surface area (Å²) in [7, 11) is 0. The summed E-state index contributed by atoms with van der Waals surface area (Å²) in [5.74, 6) is -0.391. The van der Waals surface area contributed by atoms with Crippen LogP contribution in [0.15, 0.2) is 24.5 Å². The first-order valence-corrected chi connectivity index (χ1v) is 6.24. The molecule has 0 saturated heterocycles. The first-order valence-electron chi connectivity index (χ1n) is 6.24. The lowest BCUT2D eigenvalue weighted by molar-refractivity contribution is -0.174. The highest BCUT2D eigenvalue weighted by Crippen LogP contribution is 2.16.